The molecule has 4 rings (SSSR count). The van der Waals surface area contributed by atoms with Crippen molar-refractivity contribution in [2.75, 3.05) is 43.3 Å². The van der Waals surface area contributed by atoms with Gasteiger partial charge in [0.1, 0.15) is 0 Å². The van der Waals surface area contributed by atoms with Gasteiger partial charge in [0.05, 0.1) is 16.8 Å². The van der Waals surface area contributed by atoms with Gasteiger partial charge in [0.25, 0.3) is 15.9 Å². The summed E-state index contributed by atoms with van der Waals surface area (Å²) in [5, 5.41) is 0. The van der Waals surface area contributed by atoms with Crippen molar-refractivity contribution in [1.29, 1.82) is 0 Å². The second-order valence-corrected chi connectivity index (χ2v) is 11.6. The number of amides is 1. The van der Waals surface area contributed by atoms with E-state index >= 15 is 0 Å². The molecular formula is C21H25N3O5S2. The molecule has 2 heterocycles. The minimum Gasteiger partial charge on any atom is -0.337 e. The minimum absolute atomic E-state index is 0.0719. The SMILES string of the molecule is CS(=O)(=O)N1CCCN(C(=O)c2cccc(S(=O)(=O)N3CCc4ccccc43)c2)CC1. The second-order valence-electron chi connectivity index (χ2n) is 7.79. The fraction of sp³-hybridized carbons (Fsp3) is 0.381. The summed E-state index contributed by atoms with van der Waals surface area (Å²) in [6.07, 6.45) is 2.34. The monoisotopic (exact) mass is 463 g/mol. The van der Waals surface area contributed by atoms with Gasteiger partial charge in [-0.3, -0.25) is 9.10 Å². The molecule has 10 heteroatoms. The van der Waals surface area contributed by atoms with Gasteiger partial charge in [0, 0.05) is 38.3 Å². The van der Waals surface area contributed by atoms with Gasteiger partial charge in [0.2, 0.25) is 10.0 Å². The van der Waals surface area contributed by atoms with Crippen LogP contribution in [0.5, 0.6) is 0 Å². The van der Waals surface area contributed by atoms with E-state index in [1.54, 1.807) is 23.1 Å². The average molecular weight is 464 g/mol. The predicted molar refractivity (Wildman–Crippen MR) is 118 cm³/mol. The molecule has 0 aromatic heterocycles. The smallest absolute Gasteiger partial charge is 0.264 e. The molecular weight excluding hydrogens is 438 g/mol. The van der Waals surface area contributed by atoms with Crippen molar-refractivity contribution < 1.29 is 21.6 Å². The maximum atomic E-state index is 13.3. The van der Waals surface area contributed by atoms with Crippen LogP contribution in [0.25, 0.3) is 0 Å². The van der Waals surface area contributed by atoms with E-state index in [2.05, 4.69) is 0 Å². The van der Waals surface area contributed by atoms with Crippen molar-refractivity contribution >= 4 is 31.6 Å². The number of para-hydroxylation sites is 1. The number of sulfonamides is 2. The van der Waals surface area contributed by atoms with Crippen LogP contribution in [0.4, 0.5) is 5.69 Å². The Bertz CT molecular complexity index is 1210. The zero-order valence-corrected chi connectivity index (χ0v) is 18.9. The summed E-state index contributed by atoms with van der Waals surface area (Å²) in [7, 11) is -7.11. The maximum Gasteiger partial charge on any atom is 0.264 e. The Labute approximate surface area is 183 Å². The summed E-state index contributed by atoms with van der Waals surface area (Å²) < 4.78 is 52.9. The Morgan fingerprint density at radius 3 is 2.42 bits per heavy atom. The lowest BCUT2D eigenvalue weighted by atomic mass is 10.2. The summed E-state index contributed by atoms with van der Waals surface area (Å²) in [4.78, 5) is 14.7. The number of fused-ring (bicyclic) bond motifs is 1. The number of anilines is 1. The second kappa shape index (κ2) is 8.25. The largest absolute Gasteiger partial charge is 0.337 e. The molecule has 1 fully saturated rings. The molecule has 0 unspecified atom stereocenters. The Balaban J connectivity index is 1.57. The Morgan fingerprint density at radius 2 is 1.65 bits per heavy atom. The summed E-state index contributed by atoms with van der Waals surface area (Å²) in [5.41, 5.74) is 1.94. The number of hydrogen-bond donors (Lipinski definition) is 0. The van der Waals surface area contributed by atoms with Crippen molar-refractivity contribution in [3.05, 3.63) is 59.7 Å². The maximum absolute atomic E-state index is 13.3. The third-order valence-electron chi connectivity index (χ3n) is 5.72. The molecule has 0 saturated carbocycles. The van der Waals surface area contributed by atoms with E-state index in [1.165, 1.54) is 20.7 Å². The fourth-order valence-corrected chi connectivity index (χ4v) is 6.51. The topological polar surface area (TPSA) is 95.1 Å². The Morgan fingerprint density at radius 1 is 0.871 bits per heavy atom. The lowest BCUT2D eigenvalue weighted by Gasteiger charge is -2.22. The molecule has 0 N–H and O–H groups in total. The van der Waals surface area contributed by atoms with Crippen LogP contribution in [0.1, 0.15) is 22.3 Å². The molecule has 2 aliphatic heterocycles. The van der Waals surface area contributed by atoms with E-state index in [1.807, 2.05) is 18.2 Å². The van der Waals surface area contributed by atoms with E-state index in [0.717, 1.165) is 11.8 Å². The normalized spacial score (nSPS) is 18.0. The van der Waals surface area contributed by atoms with Gasteiger partial charge in [-0.2, -0.15) is 0 Å². The lowest BCUT2D eigenvalue weighted by Crippen LogP contribution is -2.37. The number of nitrogens with zero attached hydrogens (tertiary/aromatic N) is 3. The number of rotatable bonds is 4. The zero-order valence-electron chi connectivity index (χ0n) is 17.3. The van der Waals surface area contributed by atoms with Crippen LogP contribution in [0.3, 0.4) is 0 Å². The average Bonchev–Trinajstić information content (AvgIpc) is 3.02. The zero-order chi connectivity index (χ0) is 22.2. The molecule has 0 spiro atoms. The molecule has 1 amide bonds. The quantitative estimate of drug-likeness (QED) is 0.686. The van der Waals surface area contributed by atoms with Gasteiger partial charge in [-0.1, -0.05) is 24.3 Å². The first-order chi connectivity index (χ1) is 14.7. The van der Waals surface area contributed by atoms with Crippen LogP contribution in [-0.4, -0.2) is 70.9 Å². The van der Waals surface area contributed by atoms with Crippen molar-refractivity contribution in [1.82, 2.24) is 9.21 Å². The molecule has 2 aromatic rings. The molecule has 1 saturated heterocycles. The van der Waals surface area contributed by atoms with Crippen molar-refractivity contribution in [3.8, 4) is 0 Å². The number of hydrogen-bond acceptors (Lipinski definition) is 5. The van der Waals surface area contributed by atoms with E-state index in [-0.39, 0.29) is 29.5 Å². The summed E-state index contributed by atoms with van der Waals surface area (Å²) >= 11 is 0. The third-order valence-corrected chi connectivity index (χ3v) is 8.84. The van der Waals surface area contributed by atoms with Gasteiger partial charge in [-0.25, -0.2) is 21.1 Å². The van der Waals surface area contributed by atoms with Crippen LogP contribution < -0.4 is 4.31 Å². The highest BCUT2D eigenvalue weighted by Gasteiger charge is 2.31. The molecule has 0 radical (unpaired) electrons. The van der Waals surface area contributed by atoms with Crippen LogP contribution in [0.15, 0.2) is 53.4 Å². The number of carbonyl (C=O) groups excluding carboxylic acids is 1. The van der Waals surface area contributed by atoms with Gasteiger partial charge in [0.15, 0.2) is 0 Å². The third kappa shape index (κ3) is 4.32. The van der Waals surface area contributed by atoms with Gasteiger partial charge < -0.3 is 4.90 Å². The summed E-state index contributed by atoms with van der Waals surface area (Å²) in [6.45, 7) is 1.65. The van der Waals surface area contributed by atoms with E-state index in [4.69, 9.17) is 0 Å². The Hall–Kier alpha value is -2.43. The predicted octanol–water partition coefficient (Wildman–Crippen LogP) is 1.55. The van der Waals surface area contributed by atoms with Crippen LogP contribution in [0.2, 0.25) is 0 Å². The molecule has 0 bridgehead atoms. The van der Waals surface area contributed by atoms with E-state index in [9.17, 15) is 21.6 Å². The fourth-order valence-electron chi connectivity index (χ4n) is 4.09. The highest BCUT2D eigenvalue weighted by Crippen LogP contribution is 2.32. The number of benzene rings is 2. The summed E-state index contributed by atoms with van der Waals surface area (Å²) in [6, 6.07) is 13.5. The van der Waals surface area contributed by atoms with Crippen LogP contribution >= 0.6 is 0 Å². The first-order valence-electron chi connectivity index (χ1n) is 10.1. The molecule has 8 nitrogen and oxygen atoms in total. The number of carbonyl (C=O) groups is 1. The lowest BCUT2D eigenvalue weighted by molar-refractivity contribution is 0.0764. The highest BCUT2D eigenvalue weighted by molar-refractivity contribution is 7.92. The van der Waals surface area contributed by atoms with Gasteiger partial charge >= 0.3 is 0 Å². The minimum atomic E-state index is -3.80. The standard InChI is InChI=1S/C21H25N3O5S2/c1-30(26,27)23-12-5-11-22(14-15-23)21(25)18-7-4-8-19(16-18)31(28,29)24-13-10-17-6-2-3-9-20(17)24/h2-4,6-9,16H,5,10-15H2,1H3. The van der Waals surface area contributed by atoms with Crippen molar-refractivity contribution in [2.45, 2.75) is 17.7 Å². The summed E-state index contributed by atoms with van der Waals surface area (Å²) in [5.74, 6) is -0.297. The van der Waals surface area contributed by atoms with E-state index < -0.39 is 20.0 Å². The van der Waals surface area contributed by atoms with Crippen LogP contribution in [-0.2, 0) is 26.5 Å². The van der Waals surface area contributed by atoms with Crippen molar-refractivity contribution in [2.24, 2.45) is 0 Å². The molecule has 0 atom stereocenters. The van der Waals surface area contributed by atoms with Crippen LogP contribution in [0, 0.1) is 0 Å². The van der Waals surface area contributed by atoms with E-state index in [0.29, 0.717) is 38.2 Å². The van der Waals surface area contributed by atoms with Gasteiger partial charge in [-0.05, 0) is 42.7 Å². The highest BCUT2D eigenvalue weighted by atomic mass is 32.2. The Kier molecular flexibility index (Phi) is 5.80. The molecule has 2 aliphatic rings. The van der Waals surface area contributed by atoms with Crippen molar-refractivity contribution in [3.63, 3.8) is 0 Å². The molecule has 0 aliphatic carbocycles. The molecule has 2 aromatic carbocycles. The van der Waals surface area contributed by atoms with Gasteiger partial charge in [-0.15, -0.1) is 0 Å². The first-order valence-corrected chi connectivity index (χ1v) is 13.4. The molecule has 166 valence electrons. The molecule has 31 heavy (non-hydrogen) atoms. The first kappa shape index (κ1) is 21.8.